The Morgan fingerprint density at radius 1 is 1.12 bits per heavy atom. The van der Waals surface area contributed by atoms with Crippen molar-refractivity contribution in [1.29, 1.82) is 0 Å². The van der Waals surface area contributed by atoms with Gasteiger partial charge in [0.25, 0.3) is 5.91 Å². The summed E-state index contributed by atoms with van der Waals surface area (Å²) in [6, 6.07) is 1.89. The van der Waals surface area contributed by atoms with Gasteiger partial charge < -0.3 is 10.2 Å². The Hall–Kier alpha value is -1.40. The second kappa shape index (κ2) is 10.1. The Balaban J connectivity index is 1.26. The Morgan fingerprint density at radius 3 is 2.58 bits per heavy atom. The molecule has 3 rings (SSSR count). The van der Waals surface area contributed by atoms with Gasteiger partial charge in [0, 0.05) is 51.1 Å². The highest BCUT2D eigenvalue weighted by Gasteiger charge is 2.22. The van der Waals surface area contributed by atoms with Crippen molar-refractivity contribution in [2.45, 2.75) is 44.9 Å². The molecule has 144 valence electrons. The minimum absolute atomic E-state index is 0.141. The van der Waals surface area contributed by atoms with Crippen molar-refractivity contribution in [3.8, 4) is 0 Å². The number of piperazine rings is 1. The molecule has 6 heteroatoms. The maximum Gasteiger partial charge on any atom is 0.254 e. The van der Waals surface area contributed by atoms with Gasteiger partial charge in [0.2, 0.25) is 5.91 Å². The fraction of sp³-hybridized carbons (Fsp3) is 0.700. The van der Waals surface area contributed by atoms with Crippen molar-refractivity contribution in [3.63, 3.8) is 0 Å². The van der Waals surface area contributed by atoms with Crippen LogP contribution in [0.1, 0.15) is 55.3 Å². The third-order valence-electron chi connectivity index (χ3n) is 5.68. The van der Waals surface area contributed by atoms with Crippen LogP contribution in [0.5, 0.6) is 0 Å². The smallest absolute Gasteiger partial charge is 0.254 e. The first-order valence-electron chi connectivity index (χ1n) is 10.0. The van der Waals surface area contributed by atoms with Gasteiger partial charge in [-0.05, 0) is 23.8 Å². The van der Waals surface area contributed by atoms with E-state index in [0.29, 0.717) is 13.0 Å². The molecule has 1 aliphatic carbocycles. The van der Waals surface area contributed by atoms with Gasteiger partial charge in [-0.15, -0.1) is 0 Å². The molecule has 5 nitrogen and oxygen atoms in total. The van der Waals surface area contributed by atoms with Crippen LogP contribution < -0.4 is 5.32 Å². The summed E-state index contributed by atoms with van der Waals surface area (Å²) in [5.41, 5.74) is 0.800. The van der Waals surface area contributed by atoms with Gasteiger partial charge in [-0.3, -0.25) is 14.5 Å². The Morgan fingerprint density at radius 2 is 1.88 bits per heavy atom. The molecule has 1 aromatic heterocycles. The molecule has 2 fully saturated rings. The fourth-order valence-corrected chi connectivity index (χ4v) is 4.63. The predicted molar refractivity (Wildman–Crippen MR) is 105 cm³/mol. The van der Waals surface area contributed by atoms with E-state index in [1.165, 1.54) is 32.1 Å². The normalized spacial score (nSPS) is 19.5. The highest BCUT2D eigenvalue weighted by molar-refractivity contribution is 7.08. The number of hydrogen-bond donors (Lipinski definition) is 1. The van der Waals surface area contributed by atoms with Crippen molar-refractivity contribution in [1.82, 2.24) is 15.1 Å². The molecule has 1 saturated heterocycles. The molecule has 2 heterocycles. The Bertz CT molecular complexity index is 562. The lowest BCUT2D eigenvalue weighted by molar-refractivity contribution is -0.121. The van der Waals surface area contributed by atoms with Crippen LogP contribution in [0.15, 0.2) is 16.8 Å². The lowest BCUT2D eigenvalue weighted by Gasteiger charge is -2.34. The monoisotopic (exact) mass is 377 g/mol. The molecule has 0 aromatic carbocycles. The van der Waals surface area contributed by atoms with Gasteiger partial charge >= 0.3 is 0 Å². The largest absolute Gasteiger partial charge is 0.355 e. The molecule has 0 unspecified atom stereocenters. The van der Waals surface area contributed by atoms with E-state index in [1.54, 1.807) is 11.3 Å². The number of carbonyl (C=O) groups is 2. The second-order valence-corrected chi connectivity index (χ2v) is 8.32. The van der Waals surface area contributed by atoms with Crippen LogP contribution in [0.3, 0.4) is 0 Å². The highest BCUT2D eigenvalue weighted by atomic mass is 32.1. The van der Waals surface area contributed by atoms with Gasteiger partial charge in [-0.2, -0.15) is 11.3 Å². The first kappa shape index (κ1) is 19.4. The van der Waals surface area contributed by atoms with Crippen LogP contribution in [0.2, 0.25) is 0 Å². The minimum Gasteiger partial charge on any atom is -0.355 e. The number of thiophene rings is 1. The number of amides is 2. The van der Waals surface area contributed by atoms with Crippen LogP contribution in [0.25, 0.3) is 0 Å². The molecular formula is C20H31N3O2S. The van der Waals surface area contributed by atoms with Gasteiger partial charge in [-0.25, -0.2) is 0 Å². The standard InChI is InChI=1S/C20H31N3O2S/c24-19(7-6-17-4-2-1-3-5-17)21-9-10-22-11-13-23(14-12-22)20(25)18-8-15-26-16-18/h8,15-17H,1-7,9-14H2,(H,21,24). The molecule has 0 atom stereocenters. The maximum absolute atomic E-state index is 12.3. The summed E-state index contributed by atoms with van der Waals surface area (Å²) in [6.07, 6.45) is 8.39. The van der Waals surface area contributed by atoms with E-state index in [0.717, 1.165) is 50.6 Å². The zero-order chi connectivity index (χ0) is 18.2. The number of nitrogens with zero attached hydrogens (tertiary/aromatic N) is 2. The highest BCUT2D eigenvalue weighted by Crippen LogP contribution is 2.27. The molecule has 26 heavy (non-hydrogen) atoms. The quantitative estimate of drug-likeness (QED) is 0.795. The third-order valence-corrected chi connectivity index (χ3v) is 6.37. The molecular weight excluding hydrogens is 346 g/mol. The predicted octanol–water partition coefficient (Wildman–Crippen LogP) is 2.98. The lowest BCUT2D eigenvalue weighted by Crippen LogP contribution is -2.50. The fourth-order valence-electron chi connectivity index (χ4n) is 4.00. The number of carbonyl (C=O) groups excluding carboxylic acids is 2. The zero-order valence-electron chi connectivity index (χ0n) is 15.6. The van der Waals surface area contributed by atoms with E-state index in [4.69, 9.17) is 0 Å². The first-order valence-corrected chi connectivity index (χ1v) is 11.0. The molecule has 1 aromatic rings. The van der Waals surface area contributed by atoms with Crippen molar-refractivity contribution in [2.24, 2.45) is 5.92 Å². The van der Waals surface area contributed by atoms with Crippen LogP contribution in [-0.4, -0.2) is 60.9 Å². The molecule has 0 spiro atoms. The van der Waals surface area contributed by atoms with Crippen molar-refractivity contribution in [3.05, 3.63) is 22.4 Å². The Labute approximate surface area is 160 Å². The van der Waals surface area contributed by atoms with E-state index in [9.17, 15) is 9.59 Å². The van der Waals surface area contributed by atoms with Gasteiger partial charge in [0.1, 0.15) is 0 Å². The minimum atomic E-state index is 0.141. The molecule has 1 aliphatic heterocycles. The number of rotatable bonds is 7. The van der Waals surface area contributed by atoms with E-state index in [1.807, 2.05) is 21.7 Å². The number of hydrogen-bond acceptors (Lipinski definition) is 4. The average Bonchev–Trinajstić information content (AvgIpc) is 3.22. The van der Waals surface area contributed by atoms with Crippen LogP contribution >= 0.6 is 11.3 Å². The van der Waals surface area contributed by atoms with Crippen molar-refractivity contribution < 1.29 is 9.59 Å². The van der Waals surface area contributed by atoms with Crippen LogP contribution in [-0.2, 0) is 4.79 Å². The van der Waals surface area contributed by atoms with E-state index in [2.05, 4.69) is 10.2 Å². The second-order valence-electron chi connectivity index (χ2n) is 7.54. The lowest BCUT2D eigenvalue weighted by atomic mass is 9.86. The summed E-state index contributed by atoms with van der Waals surface area (Å²) in [6.45, 7) is 4.88. The molecule has 0 radical (unpaired) electrons. The summed E-state index contributed by atoms with van der Waals surface area (Å²) in [5, 5.41) is 6.93. The zero-order valence-corrected chi connectivity index (χ0v) is 16.4. The first-order chi connectivity index (χ1) is 12.7. The maximum atomic E-state index is 12.3. The molecule has 2 aliphatic rings. The van der Waals surface area contributed by atoms with E-state index in [-0.39, 0.29) is 11.8 Å². The van der Waals surface area contributed by atoms with Gasteiger partial charge in [-0.1, -0.05) is 32.1 Å². The van der Waals surface area contributed by atoms with Crippen molar-refractivity contribution >= 4 is 23.2 Å². The summed E-state index contributed by atoms with van der Waals surface area (Å²) < 4.78 is 0. The third kappa shape index (κ3) is 5.81. The molecule has 2 amide bonds. The van der Waals surface area contributed by atoms with Crippen LogP contribution in [0, 0.1) is 5.92 Å². The average molecular weight is 378 g/mol. The summed E-state index contributed by atoms with van der Waals surface area (Å²) in [5.74, 6) is 1.10. The van der Waals surface area contributed by atoms with Crippen LogP contribution in [0.4, 0.5) is 0 Å². The van der Waals surface area contributed by atoms with E-state index >= 15 is 0 Å². The topological polar surface area (TPSA) is 52.7 Å². The number of nitrogens with one attached hydrogen (secondary N) is 1. The van der Waals surface area contributed by atoms with Crippen molar-refractivity contribution in [2.75, 3.05) is 39.3 Å². The van der Waals surface area contributed by atoms with Gasteiger partial charge in [0.05, 0.1) is 5.56 Å². The summed E-state index contributed by atoms with van der Waals surface area (Å²) in [7, 11) is 0. The molecule has 1 saturated carbocycles. The Kier molecular flexibility index (Phi) is 7.50. The molecule has 0 bridgehead atoms. The molecule has 1 N–H and O–H groups in total. The van der Waals surface area contributed by atoms with Gasteiger partial charge in [0.15, 0.2) is 0 Å². The summed E-state index contributed by atoms with van der Waals surface area (Å²) in [4.78, 5) is 28.6. The van der Waals surface area contributed by atoms with E-state index < -0.39 is 0 Å². The summed E-state index contributed by atoms with van der Waals surface area (Å²) >= 11 is 1.56. The SMILES string of the molecule is O=C(CCC1CCCCC1)NCCN1CCN(C(=O)c2ccsc2)CC1.